The van der Waals surface area contributed by atoms with Crippen LogP contribution in [0.2, 0.25) is 0 Å². The van der Waals surface area contributed by atoms with Crippen LogP contribution in [0.4, 0.5) is 0 Å². The van der Waals surface area contributed by atoms with Crippen molar-refractivity contribution in [3.63, 3.8) is 0 Å². The van der Waals surface area contributed by atoms with Crippen molar-refractivity contribution in [2.45, 2.75) is 0 Å². The maximum atomic E-state index is 13.8. The van der Waals surface area contributed by atoms with Gasteiger partial charge >= 0.3 is 0 Å². The number of Topliss-reactive ketones (excluding diaryl/α,β-unsaturated/α-hetero) is 2. The second-order valence-corrected chi connectivity index (χ2v) is 7.64. The fourth-order valence-corrected chi connectivity index (χ4v) is 3.42. The summed E-state index contributed by atoms with van der Waals surface area (Å²) in [6.45, 7) is 0. The molecule has 0 spiro atoms. The zero-order valence-corrected chi connectivity index (χ0v) is 19.0. The quantitative estimate of drug-likeness (QED) is 0.296. The number of ether oxygens (including phenoxy) is 4. The predicted octanol–water partition coefficient (Wildman–Crippen LogP) is 5.88. The Morgan fingerprint density at radius 1 is 0.306 bits per heavy atom. The standard InChI is InChI=1S/C30H20O6/c31-25-27(33-21-13-5-1-6-14-21)28(34-22-15-7-2-8-16-22)26(32)30(36-24-19-11-4-12-20-24)29(25)35-23-17-9-3-10-18-23/h1-20H. The average Bonchev–Trinajstić information content (AvgIpc) is 2.93. The molecule has 1 aliphatic rings. The minimum Gasteiger partial charge on any atom is -0.449 e. The minimum absolute atomic E-state index is 0.304. The second kappa shape index (κ2) is 10.4. The summed E-state index contributed by atoms with van der Waals surface area (Å²) in [6.07, 6.45) is 0. The predicted molar refractivity (Wildman–Crippen MR) is 132 cm³/mol. The summed E-state index contributed by atoms with van der Waals surface area (Å²) >= 11 is 0. The molecule has 0 unspecified atom stereocenters. The molecule has 0 fully saturated rings. The molecule has 36 heavy (non-hydrogen) atoms. The topological polar surface area (TPSA) is 71.1 Å². The lowest BCUT2D eigenvalue weighted by Crippen LogP contribution is -2.33. The number of benzene rings is 4. The third kappa shape index (κ3) is 5.03. The van der Waals surface area contributed by atoms with Crippen LogP contribution in [0.5, 0.6) is 23.0 Å². The molecule has 176 valence electrons. The van der Waals surface area contributed by atoms with Gasteiger partial charge in [-0.2, -0.15) is 0 Å². The van der Waals surface area contributed by atoms with Crippen molar-refractivity contribution in [3.8, 4) is 23.0 Å². The smallest absolute Gasteiger partial charge is 0.271 e. The van der Waals surface area contributed by atoms with E-state index in [0.717, 1.165) is 0 Å². The molecule has 4 aromatic carbocycles. The van der Waals surface area contributed by atoms with Crippen LogP contribution in [-0.4, -0.2) is 11.6 Å². The maximum Gasteiger partial charge on any atom is 0.271 e. The number of rotatable bonds is 8. The van der Waals surface area contributed by atoms with E-state index in [2.05, 4.69) is 0 Å². The van der Waals surface area contributed by atoms with E-state index in [9.17, 15) is 9.59 Å². The first-order valence-corrected chi connectivity index (χ1v) is 11.2. The van der Waals surface area contributed by atoms with Gasteiger partial charge < -0.3 is 18.9 Å². The first kappa shape index (κ1) is 22.7. The van der Waals surface area contributed by atoms with Gasteiger partial charge in [0, 0.05) is 0 Å². The van der Waals surface area contributed by atoms with Crippen LogP contribution in [0.25, 0.3) is 0 Å². The van der Waals surface area contributed by atoms with Gasteiger partial charge in [0.2, 0.25) is 23.0 Å². The zero-order valence-electron chi connectivity index (χ0n) is 19.0. The van der Waals surface area contributed by atoms with Crippen molar-refractivity contribution < 1.29 is 28.5 Å². The largest absolute Gasteiger partial charge is 0.449 e. The molecular formula is C30H20O6. The van der Waals surface area contributed by atoms with Gasteiger partial charge in [0.25, 0.3) is 11.6 Å². The highest BCUT2D eigenvalue weighted by Crippen LogP contribution is 2.32. The highest BCUT2D eigenvalue weighted by molar-refractivity contribution is 6.22. The first-order valence-electron chi connectivity index (χ1n) is 11.2. The normalized spacial score (nSPS) is 13.4. The summed E-state index contributed by atoms with van der Waals surface area (Å²) in [5.74, 6) is -1.18. The van der Waals surface area contributed by atoms with E-state index < -0.39 is 11.6 Å². The minimum atomic E-state index is -0.695. The van der Waals surface area contributed by atoms with Crippen molar-refractivity contribution in [2.75, 3.05) is 0 Å². The molecule has 4 aromatic rings. The van der Waals surface area contributed by atoms with E-state index in [4.69, 9.17) is 18.9 Å². The van der Waals surface area contributed by atoms with E-state index in [1.807, 2.05) is 24.3 Å². The van der Waals surface area contributed by atoms with Crippen molar-refractivity contribution in [1.29, 1.82) is 0 Å². The van der Waals surface area contributed by atoms with E-state index in [-0.39, 0.29) is 23.0 Å². The van der Waals surface area contributed by atoms with Crippen LogP contribution in [-0.2, 0) is 9.59 Å². The molecule has 0 heterocycles. The van der Waals surface area contributed by atoms with Crippen LogP contribution in [0.1, 0.15) is 0 Å². The number of carbonyl (C=O) groups is 2. The first-order chi connectivity index (χ1) is 17.7. The van der Waals surface area contributed by atoms with Gasteiger partial charge in [-0.05, 0) is 48.5 Å². The van der Waals surface area contributed by atoms with Gasteiger partial charge in [0.15, 0.2) is 0 Å². The lowest BCUT2D eigenvalue weighted by molar-refractivity contribution is -0.122. The van der Waals surface area contributed by atoms with Gasteiger partial charge in [-0.25, -0.2) is 0 Å². The Balaban J connectivity index is 1.62. The van der Waals surface area contributed by atoms with Crippen LogP contribution in [0, 0.1) is 0 Å². The molecule has 0 atom stereocenters. The van der Waals surface area contributed by atoms with Crippen molar-refractivity contribution in [2.24, 2.45) is 0 Å². The third-order valence-electron chi connectivity index (χ3n) is 5.09. The third-order valence-corrected chi connectivity index (χ3v) is 5.09. The molecule has 6 heteroatoms. The maximum absolute atomic E-state index is 13.8. The average molecular weight is 476 g/mol. The molecule has 0 N–H and O–H groups in total. The zero-order chi connectivity index (χ0) is 24.7. The summed E-state index contributed by atoms with van der Waals surface area (Å²) in [5, 5.41) is 0. The molecule has 0 amide bonds. The summed E-state index contributed by atoms with van der Waals surface area (Å²) in [5.41, 5.74) is 0. The lowest BCUT2D eigenvalue weighted by atomic mass is 10.0. The van der Waals surface area contributed by atoms with Gasteiger partial charge in [-0.1, -0.05) is 72.8 Å². The van der Waals surface area contributed by atoms with E-state index in [1.165, 1.54) is 0 Å². The molecule has 6 nitrogen and oxygen atoms in total. The number of carbonyl (C=O) groups excluding carboxylic acids is 2. The van der Waals surface area contributed by atoms with Gasteiger partial charge in [-0.3, -0.25) is 9.59 Å². The van der Waals surface area contributed by atoms with Gasteiger partial charge in [0.05, 0.1) is 0 Å². The summed E-state index contributed by atoms with van der Waals surface area (Å²) < 4.78 is 23.6. The molecule has 0 saturated heterocycles. The van der Waals surface area contributed by atoms with Gasteiger partial charge in [0.1, 0.15) is 23.0 Å². The monoisotopic (exact) mass is 476 g/mol. The number of hydrogen-bond donors (Lipinski definition) is 0. The van der Waals surface area contributed by atoms with Crippen molar-refractivity contribution >= 4 is 11.6 Å². The highest BCUT2D eigenvalue weighted by atomic mass is 16.6. The Morgan fingerprint density at radius 2 is 0.500 bits per heavy atom. The molecule has 0 saturated carbocycles. The van der Waals surface area contributed by atoms with Crippen LogP contribution < -0.4 is 18.9 Å². The van der Waals surface area contributed by atoms with Crippen LogP contribution in [0.3, 0.4) is 0 Å². The SMILES string of the molecule is O=C1C(Oc2ccccc2)=C(Oc2ccccc2)C(=O)C(Oc2ccccc2)=C1Oc1ccccc1. The fourth-order valence-electron chi connectivity index (χ4n) is 3.42. The number of hydrogen-bond acceptors (Lipinski definition) is 6. The second-order valence-electron chi connectivity index (χ2n) is 7.64. The van der Waals surface area contributed by atoms with E-state index >= 15 is 0 Å². The fraction of sp³-hybridized carbons (Fsp3) is 0. The summed E-state index contributed by atoms with van der Waals surface area (Å²) in [7, 11) is 0. The molecular weight excluding hydrogens is 456 g/mol. The Morgan fingerprint density at radius 3 is 0.694 bits per heavy atom. The molecule has 1 aliphatic carbocycles. The molecule has 0 radical (unpaired) electrons. The van der Waals surface area contributed by atoms with E-state index in [0.29, 0.717) is 23.0 Å². The Kier molecular flexibility index (Phi) is 6.58. The highest BCUT2D eigenvalue weighted by Gasteiger charge is 2.42. The summed E-state index contributed by atoms with van der Waals surface area (Å²) in [6, 6.07) is 34.6. The molecule has 0 aromatic heterocycles. The molecule has 5 rings (SSSR count). The van der Waals surface area contributed by atoms with Crippen LogP contribution >= 0.6 is 0 Å². The van der Waals surface area contributed by atoms with E-state index in [1.54, 1.807) is 97.1 Å². The lowest BCUT2D eigenvalue weighted by Gasteiger charge is -2.23. The Bertz CT molecular complexity index is 1210. The Labute approximate surface area is 207 Å². The van der Waals surface area contributed by atoms with Crippen LogP contribution in [0.15, 0.2) is 144 Å². The summed E-state index contributed by atoms with van der Waals surface area (Å²) in [4.78, 5) is 27.6. The molecule has 0 aliphatic heterocycles. The van der Waals surface area contributed by atoms with Crippen molar-refractivity contribution in [3.05, 3.63) is 144 Å². The van der Waals surface area contributed by atoms with Crippen molar-refractivity contribution in [1.82, 2.24) is 0 Å². The number of ketones is 2. The number of para-hydroxylation sites is 4. The van der Waals surface area contributed by atoms with Gasteiger partial charge in [-0.15, -0.1) is 0 Å². The molecule has 0 bridgehead atoms. The Hall–Kier alpha value is -5.10.